The van der Waals surface area contributed by atoms with Crippen LogP contribution in [0.5, 0.6) is 0 Å². The third-order valence-corrected chi connectivity index (χ3v) is 6.67. The molecule has 0 aliphatic heterocycles. The van der Waals surface area contributed by atoms with Gasteiger partial charge in [0.1, 0.15) is 0 Å². The zero-order valence-corrected chi connectivity index (χ0v) is 14.5. The van der Waals surface area contributed by atoms with Crippen molar-refractivity contribution in [1.82, 2.24) is 0 Å². The first-order valence-electron chi connectivity index (χ1n) is 7.22. The molecule has 0 bridgehead atoms. The third kappa shape index (κ3) is 4.43. The number of unbranched alkanes of at least 4 members (excludes halogenated alkanes) is 2. The molecule has 0 radical (unpaired) electrons. The van der Waals surface area contributed by atoms with E-state index in [0.29, 0.717) is 0 Å². The summed E-state index contributed by atoms with van der Waals surface area (Å²) in [7, 11) is -2.66. The number of hydrogen-bond acceptors (Lipinski definition) is 1. The maximum absolute atomic E-state index is 13.6. The van der Waals surface area contributed by atoms with Crippen LogP contribution in [0, 0.1) is 0 Å². The largest absolute Gasteiger partial charge is 0.309 e. The van der Waals surface area contributed by atoms with Crippen LogP contribution < -0.4 is 10.6 Å². The third-order valence-electron chi connectivity index (χ3n) is 3.35. The molecular formula is C18H20BrOP. The second kappa shape index (κ2) is 8.36. The summed E-state index contributed by atoms with van der Waals surface area (Å²) in [5.41, 5.74) is 0. The number of rotatable bonds is 7. The summed E-state index contributed by atoms with van der Waals surface area (Å²) in [5.74, 6) is 1.92. The molecule has 0 atom stereocenters. The Bertz CT molecular complexity index is 564. The molecule has 21 heavy (non-hydrogen) atoms. The lowest BCUT2D eigenvalue weighted by atomic mass is 10.2. The van der Waals surface area contributed by atoms with E-state index in [1.54, 1.807) is 0 Å². The summed E-state index contributed by atoms with van der Waals surface area (Å²) in [6, 6.07) is 19.5. The molecule has 0 saturated carbocycles. The topological polar surface area (TPSA) is 17.1 Å². The van der Waals surface area contributed by atoms with Crippen LogP contribution in [-0.2, 0) is 4.57 Å². The van der Waals surface area contributed by atoms with E-state index in [0.717, 1.165) is 35.2 Å². The van der Waals surface area contributed by atoms with Crippen molar-refractivity contribution in [3.8, 4) is 0 Å². The Morgan fingerprint density at radius 1 is 0.857 bits per heavy atom. The fourth-order valence-corrected chi connectivity index (χ4v) is 4.91. The summed E-state index contributed by atoms with van der Waals surface area (Å²) < 4.78 is 13.6. The summed E-state index contributed by atoms with van der Waals surface area (Å²) in [6.07, 6.45) is 5.30. The van der Waals surface area contributed by atoms with E-state index in [1.807, 2.05) is 66.5 Å². The van der Waals surface area contributed by atoms with Crippen molar-refractivity contribution in [3.05, 3.63) is 72.6 Å². The number of benzene rings is 2. The van der Waals surface area contributed by atoms with Gasteiger partial charge in [-0.1, -0.05) is 82.7 Å². The summed E-state index contributed by atoms with van der Waals surface area (Å²) in [4.78, 5) is 0. The highest BCUT2D eigenvalue weighted by Gasteiger charge is 2.23. The van der Waals surface area contributed by atoms with E-state index in [2.05, 4.69) is 22.0 Å². The van der Waals surface area contributed by atoms with Crippen LogP contribution in [0.4, 0.5) is 0 Å². The van der Waals surface area contributed by atoms with Gasteiger partial charge in [0.25, 0.3) is 0 Å². The maximum Gasteiger partial charge on any atom is 0.163 e. The summed E-state index contributed by atoms with van der Waals surface area (Å²) in [5, 5.41) is 2.82. The molecule has 1 nitrogen and oxygen atoms in total. The lowest BCUT2D eigenvalue weighted by Crippen LogP contribution is -2.13. The quantitative estimate of drug-likeness (QED) is 0.381. The molecule has 2 aromatic rings. The van der Waals surface area contributed by atoms with Crippen LogP contribution in [-0.4, -0.2) is 5.33 Å². The first-order chi connectivity index (χ1) is 10.3. The van der Waals surface area contributed by atoms with Gasteiger partial charge in [-0.25, -0.2) is 0 Å². The molecular weight excluding hydrogens is 343 g/mol. The van der Waals surface area contributed by atoms with E-state index in [-0.39, 0.29) is 0 Å². The molecule has 0 saturated heterocycles. The molecule has 0 aliphatic rings. The van der Waals surface area contributed by atoms with Gasteiger partial charge in [-0.05, 0) is 25.1 Å². The monoisotopic (exact) mass is 362 g/mol. The van der Waals surface area contributed by atoms with Crippen LogP contribution >= 0.6 is 23.1 Å². The Labute approximate surface area is 135 Å². The first kappa shape index (κ1) is 16.3. The zero-order valence-electron chi connectivity index (χ0n) is 12.0. The number of hydrogen-bond donors (Lipinski definition) is 0. The Hall–Kier alpha value is -1.11. The van der Waals surface area contributed by atoms with Gasteiger partial charge in [0.2, 0.25) is 0 Å². The minimum atomic E-state index is -2.66. The minimum Gasteiger partial charge on any atom is -0.309 e. The molecule has 3 heteroatoms. The molecule has 0 aromatic heterocycles. The van der Waals surface area contributed by atoms with Crippen LogP contribution in [0.15, 0.2) is 72.6 Å². The van der Waals surface area contributed by atoms with Gasteiger partial charge in [-0.3, -0.25) is 0 Å². The molecule has 0 heterocycles. The van der Waals surface area contributed by atoms with Crippen molar-refractivity contribution in [2.45, 2.75) is 19.3 Å². The van der Waals surface area contributed by atoms with Gasteiger partial charge < -0.3 is 4.57 Å². The predicted molar refractivity (Wildman–Crippen MR) is 96.5 cm³/mol. The molecule has 0 N–H and O–H groups in total. The molecule has 0 spiro atoms. The van der Waals surface area contributed by atoms with Gasteiger partial charge in [-0.2, -0.15) is 0 Å². The predicted octanol–water partition coefficient (Wildman–Crippen LogP) is 5.08. The smallest absolute Gasteiger partial charge is 0.163 e. The highest BCUT2D eigenvalue weighted by molar-refractivity contribution is 9.09. The van der Waals surface area contributed by atoms with Crippen molar-refractivity contribution >= 4 is 33.7 Å². The molecule has 2 aromatic carbocycles. The van der Waals surface area contributed by atoms with Crippen LogP contribution in [0.1, 0.15) is 19.3 Å². The second-order valence-corrected chi connectivity index (χ2v) is 8.34. The van der Waals surface area contributed by atoms with Crippen LogP contribution in [0.2, 0.25) is 0 Å². The van der Waals surface area contributed by atoms with Crippen molar-refractivity contribution < 1.29 is 4.57 Å². The van der Waals surface area contributed by atoms with E-state index < -0.39 is 7.14 Å². The first-order valence-corrected chi connectivity index (χ1v) is 10.1. The van der Waals surface area contributed by atoms with E-state index >= 15 is 0 Å². The minimum absolute atomic E-state index is 0.896. The zero-order chi connectivity index (χ0) is 15.0. The fourth-order valence-electron chi connectivity index (χ4n) is 2.20. The normalized spacial score (nSPS) is 11.9. The Kier molecular flexibility index (Phi) is 6.48. The number of halogens is 1. The molecule has 0 unspecified atom stereocenters. The lowest BCUT2D eigenvalue weighted by Gasteiger charge is -2.15. The molecule has 2 rings (SSSR count). The molecule has 110 valence electrons. The highest BCUT2D eigenvalue weighted by atomic mass is 79.9. The second-order valence-electron chi connectivity index (χ2n) is 4.90. The Morgan fingerprint density at radius 3 is 1.86 bits per heavy atom. The van der Waals surface area contributed by atoms with Crippen molar-refractivity contribution in [2.75, 3.05) is 5.33 Å². The average Bonchev–Trinajstić information content (AvgIpc) is 2.56. The van der Waals surface area contributed by atoms with Gasteiger partial charge in [0, 0.05) is 15.9 Å². The Balaban J connectivity index is 2.30. The Morgan fingerprint density at radius 2 is 1.38 bits per heavy atom. The standard InChI is InChI=1S/C18H20BrOP/c19-15-9-1-2-10-16-21(20,17-11-5-3-6-12-17)18-13-7-4-8-14-18/h3-8,10-14,16H,1-2,9,15H2/b16-10+. The van der Waals surface area contributed by atoms with E-state index in [4.69, 9.17) is 0 Å². The SMILES string of the molecule is O=P(/C=C/CCCCBr)(c1ccccc1)c1ccccc1. The van der Waals surface area contributed by atoms with E-state index in [9.17, 15) is 4.57 Å². The molecule has 0 amide bonds. The number of alkyl halides is 1. The highest BCUT2D eigenvalue weighted by Crippen LogP contribution is 2.44. The van der Waals surface area contributed by atoms with Gasteiger partial charge in [-0.15, -0.1) is 0 Å². The maximum atomic E-state index is 13.6. The van der Waals surface area contributed by atoms with Crippen molar-refractivity contribution in [3.63, 3.8) is 0 Å². The summed E-state index contributed by atoms with van der Waals surface area (Å²) in [6.45, 7) is 0. The number of allylic oxidation sites excluding steroid dienone is 1. The van der Waals surface area contributed by atoms with Crippen molar-refractivity contribution in [1.29, 1.82) is 0 Å². The van der Waals surface area contributed by atoms with Crippen LogP contribution in [0.3, 0.4) is 0 Å². The molecule has 0 fully saturated rings. The van der Waals surface area contributed by atoms with E-state index in [1.165, 1.54) is 0 Å². The summed E-state index contributed by atoms with van der Waals surface area (Å²) >= 11 is 3.44. The van der Waals surface area contributed by atoms with Gasteiger partial charge in [0.05, 0.1) is 0 Å². The van der Waals surface area contributed by atoms with Crippen LogP contribution in [0.25, 0.3) is 0 Å². The van der Waals surface area contributed by atoms with Crippen molar-refractivity contribution in [2.24, 2.45) is 0 Å². The lowest BCUT2D eigenvalue weighted by molar-refractivity contribution is 0.592. The average molecular weight is 363 g/mol. The van der Waals surface area contributed by atoms with Gasteiger partial charge in [0.15, 0.2) is 7.14 Å². The molecule has 0 aliphatic carbocycles. The fraction of sp³-hybridized carbons (Fsp3) is 0.222. The van der Waals surface area contributed by atoms with Gasteiger partial charge >= 0.3 is 0 Å².